The SMILES string of the molecule is Cc1ccc(/C=C/c2ccc(C3NCc4ccccc43)cc2S(=O)(=O)O)c(S(=O)(=O)O)c1. The van der Waals surface area contributed by atoms with E-state index in [0.29, 0.717) is 17.7 Å². The van der Waals surface area contributed by atoms with Gasteiger partial charge in [-0.15, -0.1) is 0 Å². The molecule has 1 aliphatic heterocycles. The van der Waals surface area contributed by atoms with Crippen LogP contribution in [0, 0.1) is 6.92 Å². The van der Waals surface area contributed by atoms with Gasteiger partial charge in [0.1, 0.15) is 9.79 Å². The molecule has 1 aliphatic rings. The predicted octanol–water partition coefficient (Wildman–Crippen LogP) is 3.85. The molecule has 1 atom stereocenters. The van der Waals surface area contributed by atoms with E-state index >= 15 is 0 Å². The Morgan fingerprint density at radius 3 is 2.09 bits per heavy atom. The van der Waals surface area contributed by atoms with Crippen molar-refractivity contribution in [2.24, 2.45) is 0 Å². The zero-order valence-electron chi connectivity index (χ0n) is 17.1. The van der Waals surface area contributed by atoms with Gasteiger partial charge in [0.15, 0.2) is 0 Å². The van der Waals surface area contributed by atoms with E-state index in [1.807, 2.05) is 24.3 Å². The summed E-state index contributed by atoms with van der Waals surface area (Å²) < 4.78 is 67.0. The normalized spacial score (nSPS) is 16.4. The first kappa shape index (κ1) is 22.4. The summed E-state index contributed by atoms with van der Waals surface area (Å²) in [6, 6.07) is 16.8. The Hall–Kier alpha value is -2.82. The summed E-state index contributed by atoms with van der Waals surface area (Å²) in [6.45, 7) is 2.34. The number of hydrogen-bond acceptors (Lipinski definition) is 5. The van der Waals surface area contributed by atoms with Crippen molar-refractivity contribution in [2.75, 3.05) is 0 Å². The molecule has 1 heterocycles. The van der Waals surface area contributed by atoms with Crippen LogP contribution in [0.3, 0.4) is 0 Å². The van der Waals surface area contributed by atoms with Crippen LogP contribution in [0.4, 0.5) is 0 Å². The average molecular weight is 472 g/mol. The van der Waals surface area contributed by atoms with Crippen LogP contribution in [0.15, 0.2) is 70.5 Å². The molecule has 0 aliphatic carbocycles. The fraction of sp³-hybridized carbons (Fsp3) is 0.130. The highest BCUT2D eigenvalue weighted by Crippen LogP contribution is 2.33. The van der Waals surface area contributed by atoms with E-state index in [9.17, 15) is 25.9 Å². The minimum Gasteiger partial charge on any atom is -0.302 e. The molecule has 4 rings (SSSR count). The van der Waals surface area contributed by atoms with Crippen LogP contribution in [0.2, 0.25) is 0 Å². The van der Waals surface area contributed by atoms with Crippen LogP contribution < -0.4 is 5.32 Å². The zero-order chi connectivity index (χ0) is 23.1. The second-order valence-electron chi connectivity index (χ2n) is 7.63. The molecule has 32 heavy (non-hydrogen) atoms. The second-order valence-corrected chi connectivity index (χ2v) is 10.4. The Morgan fingerprint density at radius 1 is 0.844 bits per heavy atom. The molecule has 0 saturated heterocycles. The molecule has 0 spiro atoms. The quantitative estimate of drug-likeness (QED) is 0.382. The van der Waals surface area contributed by atoms with Gasteiger partial charge < -0.3 is 5.32 Å². The van der Waals surface area contributed by atoms with Gasteiger partial charge in [0, 0.05) is 6.54 Å². The summed E-state index contributed by atoms with van der Waals surface area (Å²) in [6.07, 6.45) is 2.78. The summed E-state index contributed by atoms with van der Waals surface area (Å²) in [5.74, 6) is 0. The largest absolute Gasteiger partial charge is 0.302 e. The Kier molecular flexibility index (Phi) is 5.78. The zero-order valence-corrected chi connectivity index (χ0v) is 18.7. The van der Waals surface area contributed by atoms with Crippen LogP contribution in [0.25, 0.3) is 12.2 Å². The van der Waals surface area contributed by atoms with Crippen molar-refractivity contribution in [3.63, 3.8) is 0 Å². The third kappa shape index (κ3) is 4.52. The van der Waals surface area contributed by atoms with E-state index < -0.39 is 20.2 Å². The molecule has 166 valence electrons. The van der Waals surface area contributed by atoms with Crippen molar-refractivity contribution >= 4 is 32.4 Å². The molecule has 0 radical (unpaired) electrons. The van der Waals surface area contributed by atoms with Crippen LogP contribution in [-0.2, 0) is 26.8 Å². The van der Waals surface area contributed by atoms with E-state index in [4.69, 9.17) is 0 Å². The third-order valence-electron chi connectivity index (χ3n) is 5.40. The minimum atomic E-state index is -4.56. The highest BCUT2D eigenvalue weighted by atomic mass is 32.2. The fourth-order valence-corrected chi connectivity index (χ4v) is 5.36. The molecule has 1 unspecified atom stereocenters. The molecule has 7 nitrogen and oxygen atoms in total. The van der Waals surface area contributed by atoms with Crippen LogP contribution in [-0.4, -0.2) is 25.9 Å². The van der Waals surface area contributed by atoms with E-state index in [2.05, 4.69) is 5.32 Å². The van der Waals surface area contributed by atoms with Gasteiger partial charge in [0.05, 0.1) is 6.04 Å². The highest BCUT2D eigenvalue weighted by molar-refractivity contribution is 7.86. The van der Waals surface area contributed by atoms with Gasteiger partial charge in [0.2, 0.25) is 0 Å². The van der Waals surface area contributed by atoms with Gasteiger partial charge in [-0.25, -0.2) is 0 Å². The van der Waals surface area contributed by atoms with E-state index in [1.165, 1.54) is 30.4 Å². The smallest absolute Gasteiger partial charge is 0.295 e. The number of fused-ring (bicyclic) bond motifs is 1. The van der Waals surface area contributed by atoms with Gasteiger partial charge in [-0.05, 0) is 52.4 Å². The molecule has 0 fully saturated rings. The molecule has 0 saturated carbocycles. The third-order valence-corrected chi connectivity index (χ3v) is 7.22. The van der Waals surface area contributed by atoms with Crippen molar-refractivity contribution < 1.29 is 25.9 Å². The highest BCUT2D eigenvalue weighted by Gasteiger charge is 2.25. The molecule has 3 aromatic carbocycles. The van der Waals surface area contributed by atoms with Crippen LogP contribution in [0.5, 0.6) is 0 Å². The van der Waals surface area contributed by atoms with Gasteiger partial charge >= 0.3 is 0 Å². The summed E-state index contributed by atoms with van der Waals surface area (Å²) in [7, 11) is -9.03. The standard InChI is InChI=1S/C23H21NO6S2/c1-15-6-7-16(21(12-15)31(25,26)27)8-9-17-10-11-18(13-22(17)32(28,29)30)23-20-5-3-2-4-19(20)14-24-23/h2-13,23-24H,14H2,1H3,(H,25,26,27)(H,28,29,30)/b9-8+. The molecular weight excluding hydrogens is 450 g/mol. The topological polar surface area (TPSA) is 121 Å². The van der Waals surface area contributed by atoms with Crippen molar-refractivity contribution in [1.82, 2.24) is 5.32 Å². The molecule has 0 bridgehead atoms. The van der Waals surface area contributed by atoms with Crippen LogP contribution in [0.1, 0.15) is 39.4 Å². The second kappa shape index (κ2) is 8.27. The van der Waals surface area contributed by atoms with Gasteiger partial charge in [0.25, 0.3) is 20.2 Å². The number of aryl methyl sites for hydroxylation is 1. The first-order chi connectivity index (χ1) is 15.0. The Bertz CT molecular complexity index is 1440. The average Bonchev–Trinajstić information content (AvgIpc) is 3.15. The first-order valence-electron chi connectivity index (χ1n) is 9.73. The lowest BCUT2D eigenvalue weighted by Crippen LogP contribution is -2.14. The predicted molar refractivity (Wildman–Crippen MR) is 121 cm³/mol. The van der Waals surface area contributed by atoms with Crippen molar-refractivity contribution in [1.29, 1.82) is 0 Å². The van der Waals surface area contributed by atoms with Gasteiger partial charge in [-0.3, -0.25) is 9.11 Å². The number of benzene rings is 3. The Balaban J connectivity index is 1.77. The van der Waals surface area contributed by atoms with Crippen molar-refractivity contribution in [3.05, 3.63) is 94.0 Å². The lowest BCUT2D eigenvalue weighted by molar-refractivity contribution is 0.480. The first-order valence-corrected chi connectivity index (χ1v) is 12.6. The monoisotopic (exact) mass is 471 g/mol. The lowest BCUT2D eigenvalue weighted by atomic mass is 9.97. The maximum atomic E-state index is 12.1. The van der Waals surface area contributed by atoms with E-state index in [0.717, 1.165) is 11.1 Å². The molecule has 3 N–H and O–H groups in total. The molecule has 9 heteroatoms. The summed E-state index contributed by atoms with van der Waals surface area (Å²) >= 11 is 0. The minimum absolute atomic E-state index is 0.185. The van der Waals surface area contributed by atoms with E-state index in [1.54, 1.807) is 25.1 Å². The number of hydrogen-bond donors (Lipinski definition) is 3. The van der Waals surface area contributed by atoms with Crippen molar-refractivity contribution in [2.45, 2.75) is 29.3 Å². The van der Waals surface area contributed by atoms with Gasteiger partial charge in [-0.2, -0.15) is 16.8 Å². The maximum Gasteiger partial charge on any atom is 0.295 e. The van der Waals surface area contributed by atoms with E-state index in [-0.39, 0.29) is 27.0 Å². The lowest BCUT2D eigenvalue weighted by Gasteiger charge is -2.15. The number of nitrogens with one attached hydrogen (secondary N) is 1. The molecule has 3 aromatic rings. The van der Waals surface area contributed by atoms with Gasteiger partial charge in [-0.1, -0.05) is 60.7 Å². The molecule has 0 amide bonds. The fourth-order valence-electron chi connectivity index (χ4n) is 3.87. The summed E-state index contributed by atoms with van der Waals surface area (Å²) in [5, 5.41) is 3.33. The molecular formula is C23H21NO6S2. The summed E-state index contributed by atoms with van der Waals surface area (Å²) in [4.78, 5) is -0.580. The number of rotatable bonds is 5. The molecule has 0 aromatic heterocycles. The van der Waals surface area contributed by atoms with Crippen molar-refractivity contribution in [3.8, 4) is 0 Å². The summed E-state index contributed by atoms with van der Waals surface area (Å²) in [5.41, 5.74) is 3.84. The Labute approximate surface area is 186 Å². The maximum absolute atomic E-state index is 12.1. The van der Waals surface area contributed by atoms with Crippen LogP contribution >= 0.6 is 0 Å². The Morgan fingerprint density at radius 2 is 1.44 bits per heavy atom.